The summed E-state index contributed by atoms with van der Waals surface area (Å²) in [5, 5.41) is 0. The second-order valence-electron chi connectivity index (χ2n) is 2.82. The first-order chi connectivity index (χ1) is 7.20. The molecule has 4 heteroatoms. The lowest BCUT2D eigenvalue weighted by molar-refractivity contribution is 0.179. The maximum Gasteiger partial charge on any atom is 0.414 e. The highest BCUT2D eigenvalue weighted by Gasteiger charge is 2.16. The van der Waals surface area contributed by atoms with E-state index in [-0.39, 0.29) is 6.54 Å². The van der Waals surface area contributed by atoms with Gasteiger partial charge in [0.1, 0.15) is 0 Å². The molecular formula is C11H12N2O2. The van der Waals surface area contributed by atoms with E-state index < -0.39 is 6.09 Å². The molecule has 0 saturated heterocycles. The van der Waals surface area contributed by atoms with E-state index in [0.29, 0.717) is 11.4 Å². The largest absolute Gasteiger partial charge is 0.452 e. The fraction of sp³-hybridized carbons (Fsp3) is 0.182. The van der Waals surface area contributed by atoms with Gasteiger partial charge in [-0.2, -0.15) is 0 Å². The molecule has 2 N–H and O–H groups in total. The van der Waals surface area contributed by atoms with Gasteiger partial charge >= 0.3 is 6.09 Å². The molecule has 78 valence electrons. The summed E-state index contributed by atoms with van der Waals surface area (Å²) < 4.78 is 4.61. The van der Waals surface area contributed by atoms with Crippen molar-refractivity contribution >= 4 is 17.5 Å². The summed E-state index contributed by atoms with van der Waals surface area (Å²) in [5.41, 5.74) is 6.77. The van der Waals surface area contributed by atoms with E-state index in [2.05, 4.69) is 10.7 Å². The first-order valence-electron chi connectivity index (χ1n) is 4.34. The summed E-state index contributed by atoms with van der Waals surface area (Å²) in [6.45, 7) is 0.126. The normalized spacial score (nSPS) is 9.07. The van der Waals surface area contributed by atoms with Crippen molar-refractivity contribution in [2.75, 3.05) is 24.3 Å². The second kappa shape index (κ2) is 4.91. The fourth-order valence-corrected chi connectivity index (χ4v) is 1.18. The lowest BCUT2D eigenvalue weighted by Crippen LogP contribution is -2.31. The molecule has 0 aromatic heterocycles. The third kappa shape index (κ3) is 2.41. The average molecular weight is 204 g/mol. The minimum Gasteiger partial charge on any atom is -0.452 e. The van der Waals surface area contributed by atoms with Gasteiger partial charge in [0.2, 0.25) is 0 Å². The molecule has 0 heterocycles. The summed E-state index contributed by atoms with van der Waals surface area (Å²) in [7, 11) is 1.30. The van der Waals surface area contributed by atoms with Crippen molar-refractivity contribution in [3.8, 4) is 12.3 Å². The van der Waals surface area contributed by atoms with Crippen LogP contribution in [-0.4, -0.2) is 19.7 Å². The first kappa shape index (κ1) is 10.9. The Kier molecular flexibility index (Phi) is 3.58. The summed E-state index contributed by atoms with van der Waals surface area (Å²) >= 11 is 0. The van der Waals surface area contributed by atoms with Gasteiger partial charge in [-0.25, -0.2) is 4.79 Å². The number of nitrogens with two attached hydrogens (primary N) is 1. The minimum atomic E-state index is -0.522. The molecule has 1 aromatic carbocycles. The Morgan fingerprint density at radius 1 is 1.60 bits per heavy atom. The molecule has 0 radical (unpaired) electrons. The molecule has 0 atom stereocenters. The molecule has 0 unspecified atom stereocenters. The van der Waals surface area contributed by atoms with Gasteiger partial charge in [-0.1, -0.05) is 18.1 Å². The van der Waals surface area contributed by atoms with E-state index in [1.807, 2.05) is 0 Å². The Bertz CT molecular complexity index is 396. The van der Waals surface area contributed by atoms with Crippen LogP contribution in [0.2, 0.25) is 0 Å². The van der Waals surface area contributed by atoms with Crippen molar-refractivity contribution in [2.45, 2.75) is 0 Å². The molecule has 0 aliphatic rings. The number of anilines is 2. The Hall–Kier alpha value is -2.15. The van der Waals surface area contributed by atoms with Crippen molar-refractivity contribution in [3.05, 3.63) is 24.3 Å². The zero-order valence-corrected chi connectivity index (χ0v) is 8.43. The number of nitrogen functional groups attached to an aromatic ring is 1. The summed E-state index contributed by atoms with van der Waals surface area (Å²) in [5.74, 6) is 2.38. The number of terminal acetylenes is 1. The minimum absolute atomic E-state index is 0.126. The van der Waals surface area contributed by atoms with Gasteiger partial charge in [0.15, 0.2) is 0 Å². The molecule has 0 saturated carbocycles. The van der Waals surface area contributed by atoms with Crippen LogP contribution >= 0.6 is 0 Å². The van der Waals surface area contributed by atoms with E-state index in [0.717, 1.165) is 0 Å². The summed E-state index contributed by atoms with van der Waals surface area (Å²) in [6.07, 6.45) is 4.65. The van der Waals surface area contributed by atoms with Crippen molar-refractivity contribution in [3.63, 3.8) is 0 Å². The van der Waals surface area contributed by atoms with Crippen LogP contribution in [0.15, 0.2) is 24.3 Å². The van der Waals surface area contributed by atoms with Crippen LogP contribution in [0.1, 0.15) is 0 Å². The quantitative estimate of drug-likeness (QED) is 0.586. The van der Waals surface area contributed by atoms with Crippen LogP contribution in [-0.2, 0) is 4.74 Å². The maximum absolute atomic E-state index is 11.4. The van der Waals surface area contributed by atoms with Gasteiger partial charge < -0.3 is 10.5 Å². The smallest absolute Gasteiger partial charge is 0.414 e. The highest BCUT2D eigenvalue weighted by molar-refractivity contribution is 5.91. The number of rotatable bonds is 2. The molecule has 0 bridgehead atoms. The Labute approximate surface area is 88.6 Å². The topological polar surface area (TPSA) is 55.6 Å². The standard InChI is InChI=1S/C11H12N2O2/c1-3-8-13(11(14)15-2)10-7-5-4-6-9(10)12/h1,4-7H,8,12H2,2H3. The number of hydrogen-bond acceptors (Lipinski definition) is 3. The van der Waals surface area contributed by atoms with E-state index >= 15 is 0 Å². The Morgan fingerprint density at radius 3 is 2.80 bits per heavy atom. The van der Waals surface area contributed by atoms with Gasteiger partial charge in [0.05, 0.1) is 25.0 Å². The molecule has 15 heavy (non-hydrogen) atoms. The van der Waals surface area contributed by atoms with Crippen LogP contribution in [0.4, 0.5) is 16.2 Å². The van der Waals surface area contributed by atoms with Crippen molar-refractivity contribution in [1.82, 2.24) is 0 Å². The van der Waals surface area contributed by atoms with E-state index in [1.165, 1.54) is 12.0 Å². The molecule has 0 aliphatic heterocycles. The number of methoxy groups -OCH3 is 1. The molecule has 0 fully saturated rings. The molecule has 1 rings (SSSR count). The SMILES string of the molecule is C#CCN(C(=O)OC)c1ccccc1N. The lowest BCUT2D eigenvalue weighted by Gasteiger charge is -2.19. The van der Waals surface area contributed by atoms with Crippen molar-refractivity contribution in [1.29, 1.82) is 0 Å². The van der Waals surface area contributed by atoms with Crippen LogP contribution in [0.25, 0.3) is 0 Å². The summed E-state index contributed by atoms with van der Waals surface area (Å²) in [6, 6.07) is 6.97. The number of ether oxygens (including phenoxy) is 1. The van der Waals surface area contributed by atoms with Gasteiger partial charge in [-0.15, -0.1) is 6.42 Å². The maximum atomic E-state index is 11.4. The van der Waals surface area contributed by atoms with Crippen LogP contribution in [0.5, 0.6) is 0 Å². The van der Waals surface area contributed by atoms with Crippen LogP contribution < -0.4 is 10.6 Å². The predicted octanol–water partition coefficient (Wildman–Crippen LogP) is 1.47. The van der Waals surface area contributed by atoms with E-state index in [9.17, 15) is 4.79 Å². The molecule has 1 aromatic rings. The summed E-state index contributed by atoms with van der Waals surface area (Å²) in [4.78, 5) is 12.7. The first-order valence-corrected chi connectivity index (χ1v) is 4.34. The van der Waals surface area contributed by atoms with Gasteiger partial charge in [0, 0.05) is 0 Å². The lowest BCUT2D eigenvalue weighted by atomic mass is 10.2. The monoisotopic (exact) mass is 204 g/mol. The number of amides is 1. The van der Waals surface area contributed by atoms with Crippen molar-refractivity contribution in [2.24, 2.45) is 0 Å². The second-order valence-corrected chi connectivity index (χ2v) is 2.82. The molecule has 4 nitrogen and oxygen atoms in total. The molecule has 0 spiro atoms. The third-order valence-corrected chi connectivity index (χ3v) is 1.87. The van der Waals surface area contributed by atoms with Crippen LogP contribution in [0, 0.1) is 12.3 Å². The Balaban J connectivity index is 3.05. The molecule has 0 aliphatic carbocycles. The molecule has 1 amide bonds. The van der Waals surface area contributed by atoms with Gasteiger partial charge in [-0.3, -0.25) is 4.90 Å². The van der Waals surface area contributed by atoms with Crippen LogP contribution in [0.3, 0.4) is 0 Å². The third-order valence-electron chi connectivity index (χ3n) is 1.87. The van der Waals surface area contributed by atoms with Crippen molar-refractivity contribution < 1.29 is 9.53 Å². The van der Waals surface area contributed by atoms with E-state index in [1.54, 1.807) is 24.3 Å². The predicted molar refractivity (Wildman–Crippen MR) is 59.4 cm³/mol. The number of benzene rings is 1. The number of carbonyl (C=O) groups excluding carboxylic acids is 1. The zero-order chi connectivity index (χ0) is 11.3. The average Bonchev–Trinajstić information content (AvgIpc) is 2.26. The van der Waals surface area contributed by atoms with E-state index in [4.69, 9.17) is 12.2 Å². The van der Waals surface area contributed by atoms with Gasteiger partial charge in [-0.05, 0) is 12.1 Å². The van der Waals surface area contributed by atoms with Gasteiger partial charge in [0.25, 0.3) is 0 Å². The number of nitrogens with zero attached hydrogens (tertiary/aromatic N) is 1. The fourth-order valence-electron chi connectivity index (χ4n) is 1.18. The molecular weight excluding hydrogens is 192 g/mol. The highest BCUT2D eigenvalue weighted by atomic mass is 16.5. The zero-order valence-electron chi connectivity index (χ0n) is 8.43. The number of hydrogen-bond donors (Lipinski definition) is 1. The Morgan fingerprint density at radius 2 is 2.27 bits per heavy atom. The highest BCUT2D eigenvalue weighted by Crippen LogP contribution is 2.22. The number of para-hydroxylation sites is 2. The number of carbonyl (C=O) groups is 1.